The molecule has 0 amide bonds. The maximum atomic E-state index is 14.0. The molecule has 0 aliphatic carbocycles. The van der Waals surface area contributed by atoms with E-state index in [1.54, 1.807) is 19.1 Å². The number of carbonyl (C=O) groups excluding carboxylic acids is 1. The number of anilines is 2. The van der Waals surface area contributed by atoms with Gasteiger partial charge in [0.15, 0.2) is 11.6 Å². The van der Waals surface area contributed by atoms with Crippen molar-refractivity contribution in [2.75, 3.05) is 29.5 Å². The Morgan fingerprint density at radius 1 is 1.13 bits per heavy atom. The van der Waals surface area contributed by atoms with Crippen molar-refractivity contribution in [1.29, 1.82) is 0 Å². The molecule has 16 heteroatoms. The number of fused-ring (bicyclic) bond motifs is 1. The van der Waals surface area contributed by atoms with Gasteiger partial charge >= 0.3 is 0 Å². The number of benzene rings is 2. The van der Waals surface area contributed by atoms with E-state index in [0.717, 1.165) is 0 Å². The number of halogens is 4. The molecular formula is C29H26F4N6O5S. The van der Waals surface area contributed by atoms with Crippen LogP contribution in [-0.2, 0) is 10.0 Å². The molecule has 3 heterocycles. The van der Waals surface area contributed by atoms with E-state index < -0.39 is 47.1 Å². The zero-order valence-corrected chi connectivity index (χ0v) is 24.4. The number of aromatic nitrogens is 4. The van der Waals surface area contributed by atoms with Gasteiger partial charge < -0.3 is 20.2 Å². The van der Waals surface area contributed by atoms with Gasteiger partial charge in [0.05, 0.1) is 47.5 Å². The largest absolute Gasteiger partial charge is 0.485 e. The van der Waals surface area contributed by atoms with Crippen LogP contribution >= 0.6 is 0 Å². The first-order chi connectivity index (χ1) is 21.5. The van der Waals surface area contributed by atoms with Gasteiger partial charge in [-0.05, 0) is 49.2 Å². The number of nitrogens with one attached hydrogen (secondary N) is 2. The number of rotatable bonds is 13. The summed E-state index contributed by atoms with van der Waals surface area (Å²) >= 11 is 0. The standard InChI is InChI=1S/C29H26F4N6O5S/c1-16-9-27(44-24-6-3-2-5-19(24)31)35-14-23(16)39-29(34)18(13-36-39)28(40)22-10-17-11-25(43-15-26(32)33)21(12-20(17)37-22)38-45(41,42)8-4-7-30/h2-3,5-6,9-14,26,37-38H,4,7-8,15,34H2,1H3. The minimum absolute atomic E-state index is 0.00370. The fraction of sp³-hybridized carbons (Fsp3) is 0.207. The Morgan fingerprint density at radius 3 is 2.62 bits per heavy atom. The van der Waals surface area contributed by atoms with Crippen LogP contribution in [0, 0.1) is 12.7 Å². The van der Waals surface area contributed by atoms with E-state index in [1.807, 2.05) is 0 Å². The molecular weight excluding hydrogens is 620 g/mol. The third-order valence-electron chi connectivity index (χ3n) is 6.53. The van der Waals surface area contributed by atoms with E-state index in [9.17, 15) is 30.8 Å². The zero-order chi connectivity index (χ0) is 32.3. The normalized spacial score (nSPS) is 11.7. The number of nitrogens with zero attached hydrogens (tertiary/aromatic N) is 3. The number of H-pyrrole nitrogens is 1. The lowest BCUT2D eigenvalue weighted by Crippen LogP contribution is -2.18. The first kappa shape index (κ1) is 31.3. The van der Waals surface area contributed by atoms with Crippen molar-refractivity contribution >= 4 is 38.2 Å². The SMILES string of the molecule is Cc1cc(Oc2ccccc2F)ncc1-n1ncc(C(=O)c2cc3cc(OCC(F)F)c(NS(=O)(=O)CCCF)cc3[nH]2)c1N. The van der Waals surface area contributed by atoms with Crippen LogP contribution in [0.2, 0.25) is 0 Å². The number of alkyl halides is 3. The summed E-state index contributed by atoms with van der Waals surface area (Å²) in [4.78, 5) is 20.5. The second kappa shape index (κ2) is 12.9. The Balaban J connectivity index is 1.43. The number of hydrogen-bond acceptors (Lipinski definition) is 8. The topological polar surface area (TPSA) is 154 Å². The average Bonchev–Trinajstić information content (AvgIpc) is 3.58. The molecule has 3 aromatic heterocycles. The van der Waals surface area contributed by atoms with Crippen molar-refractivity contribution < 1.29 is 40.2 Å². The predicted molar refractivity (Wildman–Crippen MR) is 158 cm³/mol. The highest BCUT2D eigenvalue weighted by Gasteiger charge is 2.23. The van der Waals surface area contributed by atoms with Crippen LogP contribution in [0.1, 0.15) is 28.0 Å². The van der Waals surface area contributed by atoms with E-state index in [1.165, 1.54) is 53.5 Å². The van der Waals surface area contributed by atoms with Crippen molar-refractivity contribution in [1.82, 2.24) is 19.7 Å². The Bertz CT molecular complexity index is 1980. The van der Waals surface area contributed by atoms with Crippen molar-refractivity contribution in [3.8, 4) is 23.1 Å². The van der Waals surface area contributed by atoms with Crippen LogP contribution in [0.4, 0.5) is 29.1 Å². The van der Waals surface area contributed by atoms with E-state index in [-0.39, 0.29) is 52.1 Å². The van der Waals surface area contributed by atoms with Gasteiger partial charge in [0.25, 0.3) is 6.43 Å². The third kappa shape index (κ3) is 7.01. The second-order valence-electron chi connectivity index (χ2n) is 9.81. The van der Waals surface area contributed by atoms with Crippen molar-refractivity contribution in [2.24, 2.45) is 0 Å². The molecule has 4 N–H and O–H groups in total. The molecule has 0 saturated heterocycles. The molecule has 11 nitrogen and oxygen atoms in total. The van der Waals surface area contributed by atoms with E-state index in [0.29, 0.717) is 16.6 Å². The molecule has 5 aromatic rings. The lowest BCUT2D eigenvalue weighted by Gasteiger charge is -2.14. The Hall–Kier alpha value is -5.12. The second-order valence-corrected chi connectivity index (χ2v) is 11.7. The maximum Gasteiger partial charge on any atom is 0.272 e. The number of hydrogen-bond donors (Lipinski definition) is 3. The van der Waals surface area contributed by atoms with Crippen LogP contribution in [-0.4, -0.2) is 59.4 Å². The lowest BCUT2D eigenvalue weighted by molar-refractivity contribution is 0.0823. The van der Waals surface area contributed by atoms with Gasteiger partial charge in [-0.3, -0.25) is 13.9 Å². The summed E-state index contributed by atoms with van der Waals surface area (Å²) in [6.45, 7) is -0.147. The number of nitrogen functional groups attached to an aromatic ring is 1. The Labute approximate surface area is 254 Å². The Kier molecular flexibility index (Phi) is 8.94. The molecule has 0 fully saturated rings. The molecule has 45 heavy (non-hydrogen) atoms. The van der Waals surface area contributed by atoms with Crippen LogP contribution in [0.5, 0.6) is 17.4 Å². The van der Waals surface area contributed by atoms with Gasteiger partial charge in [-0.25, -0.2) is 31.3 Å². The van der Waals surface area contributed by atoms with E-state index >= 15 is 0 Å². The number of pyridine rings is 1. The number of para-hydroxylation sites is 1. The maximum absolute atomic E-state index is 14.0. The highest BCUT2D eigenvalue weighted by molar-refractivity contribution is 7.92. The first-order valence-corrected chi connectivity index (χ1v) is 15.0. The van der Waals surface area contributed by atoms with Gasteiger partial charge in [-0.1, -0.05) is 12.1 Å². The molecule has 0 aliphatic rings. The minimum Gasteiger partial charge on any atom is -0.485 e. The molecule has 0 unspecified atom stereocenters. The summed E-state index contributed by atoms with van der Waals surface area (Å²) in [6, 6.07) is 11.4. The number of sulfonamides is 1. The zero-order valence-electron chi connectivity index (χ0n) is 23.6. The molecule has 0 bridgehead atoms. The molecule has 236 valence electrons. The molecule has 0 saturated carbocycles. The number of ketones is 1. The molecule has 0 spiro atoms. The molecule has 0 atom stereocenters. The molecule has 2 aromatic carbocycles. The lowest BCUT2D eigenvalue weighted by atomic mass is 10.1. The summed E-state index contributed by atoms with van der Waals surface area (Å²) in [7, 11) is -4.03. The first-order valence-electron chi connectivity index (χ1n) is 13.4. The summed E-state index contributed by atoms with van der Waals surface area (Å²) in [5.74, 6) is -1.76. The van der Waals surface area contributed by atoms with Crippen LogP contribution in [0.25, 0.3) is 16.6 Å². The number of ether oxygens (including phenoxy) is 2. The number of carbonyl (C=O) groups is 1. The molecule has 5 rings (SSSR count). The molecule has 0 aliphatic heterocycles. The van der Waals surface area contributed by atoms with Crippen molar-refractivity contribution in [2.45, 2.75) is 19.8 Å². The predicted octanol–water partition coefficient (Wildman–Crippen LogP) is 5.55. The van der Waals surface area contributed by atoms with E-state index in [2.05, 4.69) is 19.8 Å². The van der Waals surface area contributed by atoms with Gasteiger partial charge in [0, 0.05) is 17.0 Å². The van der Waals surface area contributed by atoms with Crippen molar-refractivity contribution in [3.63, 3.8) is 0 Å². The van der Waals surface area contributed by atoms with Gasteiger partial charge in [-0.15, -0.1) is 0 Å². The van der Waals surface area contributed by atoms with Crippen LogP contribution < -0.4 is 19.9 Å². The minimum atomic E-state index is -4.03. The van der Waals surface area contributed by atoms with Crippen LogP contribution in [0.3, 0.4) is 0 Å². The third-order valence-corrected chi connectivity index (χ3v) is 7.89. The summed E-state index contributed by atoms with van der Waals surface area (Å²) in [5.41, 5.74) is 7.51. The van der Waals surface area contributed by atoms with Crippen molar-refractivity contribution in [3.05, 3.63) is 83.6 Å². The fourth-order valence-corrected chi connectivity index (χ4v) is 5.49. The van der Waals surface area contributed by atoms with Gasteiger partial charge in [0.2, 0.25) is 21.7 Å². The Morgan fingerprint density at radius 2 is 1.91 bits per heavy atom. The quantitative estimate of drug-likeness (QED) is 0.111. The van der Waals surface area contributed by atoms with Crippen LogP contribution in [0.15, 0.2) is 60.9 Å². The summed E-state index contributed by atoms with van der Waals surface area (Å²) < 4.78 is 91.2. The van der Waals surface area contributed by atoms with Gasteiger partial charge in [-0.2, -0.15) is 5.10 Å². The number of aryl methyl sites for hydroxylation is 1. The fourth-order valence-electron chi connectivity index (χ4n) is 4.41. The smallest absolute Gasteiger partial charge is 0.272 e. The van der Waals surface area contributed by atoms with Gasteiger partial charge in [0.1, 0.15) is 18.2 Å². The molecule has 0 radical (unpaired) electrons. The summed E-state index contributed by atoms with van der Waals surface area (Å²) in [6.07, 6.45) is -0.437. The summed E-state index contributed by atoms with van der Waals surface area (Å²) in [5, 5.41) is 4.58. The highest BCUT2D eigenvalue weighted by atomic mass is 32.2. The number of aromatic amines is 1. The average molecular weight is 647 g/mol. The number of nitrogens with two attached hydrogens (primary N) is 1. The monoisotopic (exact) mass is 646 g/mol. The highest BCUT2D eigenvalue weighted by Crippen LogP contribution is 2.33. The van der Waals surface area contributed by atoms with E-state index in [4.69, 9.17) is 15.2 Å².